The Morgan fingerprint density at radius 2 is 2.00 bits per heavy atom. The highest BCUT2D eigenvalue weighted by Gasteiger charge is 2.15. The zero-order valence-corrected chi connectivity index (χ0v) is 12.5. The Hall–Kier alpha value is -1.73. The molecule has 0 amide bonds. The molecule has 1 N–H and O–H groups in total. The molecule has 1 aromatic carbocycles. The normalized spacial score (nSPS) is 10.9. The summed E-state index contributed by atoms with van der Waals surface area (Å²) < 4.78 is 10.9. The van der Waals surface area contributed by atoms with Crippen molar-refractivity contribution in [2.24, 2.45) is 5.41 Å². The predicted octanol–water partition coefficient (Wildman–Crippen LogP) is 3.29. The van der Waals surface area contributed by atoms with Crippen LogP contribution in [0.2, 0.25) is 0 Å². The first-order valence-electron chi connectivity index (χ1n) is 6.84. The molecule has 0 atom stereocenters. The molecule has 0 unspecified atom stereocenters. The van der Waals surface area contributed by atoms with Crippen molar-refractivity contribution < 1.29 is 14.6 Å². The molecular formula is C16H23NO3. The van der Waals surface area contributed by atoms with Gasteiger partial charge in [0.2, 0.25) is 0 Å². The Balaban J connectivity index is 2.44. The lowest BCUT2D eigenvalue weighted by Gasteiger charge is -2.15. The molecule has 20 heavy (non-hydrogen) atoms. The molecule has 0 fully saturated rings. The lowest BCUT2D eigenvalue weighted by molar-refractivity contribution is 0.269. The van der Waals surface area contributed by atoms with Crippen LogP contribution in [0.5, 0.6) is 11.5 Å². The second-order valence-electron chi connectivity index (χ2n) is 5.44. The third-order valence-electron chi connectivity index (χ3n) is 3.17. The van der Waals surface area contributed by atoms with Crippen LogP contribution in [0.4, 0.5) is 0 Å². The molecule has 0 aliphatic carbocycles. The molecule has 1 rings (SSSR count). The van der Waals surface area contributed by atoms with E-state index in [1.807, 2.05) is 13.8 Å². The fourth-order valence-electron chi connectivity index (χ4n) is 1.84. The minimum absolute atomic E-state index is 0.0171. The van der Waals surface area contributed by atoms with Crippen LogP contribution in [-0.2, 0) is 6.61 Å². The van der Waals surface area contributed by atoms with E-state index in [4.69, 9.17) is 19.8 Å². The van der Waals surface area contributed by atoms with E-state index in [0.29, 0.717) is 18.1 Å². The standard InChI is InChI=1S/C16H23NO3/c1-16(2,12-17)8-4-5-9-20-15-10-13(11-18)6-7-14(15)19-3/h6-7,10,18H,4-5,8-9,11H2,1-3H3. The quantitative estimate of drug-likeness (QED) is 0.741. The van der Waals surface area contributed by atoms with E-state index >= 15 is 0 Å². The van der Waals surface area contributed by atoms with Gasteiger partial charge in [-0.2, -0.15) is 5.26 Å². The van der Waals surface area contributed by atoms with Crippen molar-refractivity contribution in [3.8, 4) is 17.6 Å². The van der Waals surface area contributed by atoms with Crippen LogP contribution >= 0.6 is 0 Å². The molecule has 0 spiro atoms. The molecule has 4 nitrogen and oxygen atoms in total. The highest BCUT2D eigenvalue weighted by Crippen LogP contribution is 2.28. The smallest absolute Gasteiger partial charge is 0.161 e. The summed E-state index contributed by atoms with van der Waals surface area (Å²) in [7, 11) is 1.59. The van der Waals surface area contributed by atoms with Crippen LogP contribution in [0.25, 0.3) is 0 Å². The summed E-state index contributed by atoms with van der Waals surface area (Å²) in [6, 6.07) is 7.68. The lowest BCUT2D eigenvalue weighted by atomic mass is 9.89. The minimum Gasteiger partial charge on any atom is -0.493 e. The van der Waals surface area contributed by atoms with Crippen LogP contribution in [0.3, 0.4) is 0 Å². The van der Waals surface area contributed by atoms with Gasteiger partial charge in [0.25, 0.3) is 0 Å². The first-order chi connectivity index (χ1) is 9.52. The molecule has 110 valence electrons. The number of aliphatic hydroxyl groups excluding tert-OH is 1. The van der Waals surface area contributed by atoms with Gasteiger partial charge in [-0.05, 0) is 50.8 Å². The van der Waals surface area contributed by atoms with Crippen molar-refractivity contribution in [3.63, 3.8) is 0 Å². The summed E-state index contributed by atoms with van der Waals surface area (Å²) in [5.41, 5.74) is 0.528. The van der Waals surface area contributed by atoms with Crippen molar-refractivity contribution in [3.05, 3.63) is 23.8 Å². The number of hydrogen-bond donors (Lipinski definition) is 1. The Morgan fingerprint density at radius 1 is 1.25 bits per heavy atom. The van der Waals surface area contributed by atoms with Gasteiger partial charge >= 0.3 is 0 Å². The van der Waals surface area contributed by atoms with Gasteiger partial charge in [0.05, 0.1) is 31.8 Å². The van der Waals surface area contributed by atoms with Crippen LogP contribution in [0.15, 0.2) is 18.2 Å². The lowest BCUT2D eigenvalue weighted by Crippen LogP contribution is -2.08. The zero-order chi connectivity index (χ0) is 15.0. The van der Waals surface area contributed by atoms with Gasteiger partial charge in [0, 0.05) is 0 Å². The molecule has 4 heteroatoms. The van der Waals surface area contributed by atoms with Crippen LogP contribution in [-0.4, -0.2) is 18.8 Å². The van der Waals surface area contributed by atoms with E-state index in [0.717, 1.165) is 24.8 Å². The number of aliphatic hydroxyl groups is 1. The minimum atomic E-state index is -0.269. The monoisotopic (exact) mass is 277 g/mol. The maximum Gasteiger partial charge on any atom is 0.161 e. The second kappa shape index (κ2) is 7.76. The number of nitrogens with zero attached hydrogens (tertiary/aromatic N) is 1. The molecule has 0 saturated heterocycles. The number of benzene rings is 1. The second-order valence-corrected chi connectivity index (χ2v) is 5.44. The maximum absolute atomic E-state index is 9.12. The first-order valence-corrected chi connectivity index (χ1v) is 6.84. The van der Waals surface area contributed by atoms with Crippen LogP contribution in [0, 0.1) is 16.7 Å². The van der Waals surface area contributed by atoms with Gasteiger partial charge in [-0.1, -0.05) is 6.07 Å². The summed E-state index contributed by atoms with van der Waals surface area (Å²) in [6.45, 7) is 4.45. The SMILES string of the molecule is COc1ccc(CO)cc1OCCCCC(C)(C)C#N. The Bertz CT molecular complexity index is 463. The summed E-state index contributed by atoms with van der Waals surface area (Å²) in [4.78, 5) is 0. The first kappa shape index (κ1) is 16.3. The average Bonchev–Trinajstić information content (AvgIpc) is 2.46. The van der Waals surface area contributed by atoms with Crippen molar-refractivity contribution in [2.75, 3.05) is 13.7 Å². The van der Waals surface area contributed by atoms with Crippen LogP contribution < -0.4 is 9.47 Å². The highest BCUT2D eigenvalue weighted by atomic mass is 16.5. The molecule has 0 saturated carbocycles. The van der Waals surface area contributed by atoms with Crippen molar-refractivity contribution >= 4 is 0 Å². The molecule has 0 aliphatic rings. The molecular weight excluding hydrogens is 254 g/mol. The summed E-state index contributed by atoms with van der Waals surface area (Å²) in [5, 5.41) is 18.1. The molecule has 0 heterocycles. The highest BCUT2D eigenvalue weighted by molar-refractivity contribution is 5.42. The fraction of sp³-hybridized carbons (Fsp3) is 0.562. The number of rotatable bonds is 8. The summed E-state index contributed by atoms with van der Waals surface area (Å²) in [5.74, 6) is 1.32. The largest absolute Gasteiger partial charge is 0.493 e. The number of ether oxygens (including phenoxy) is 2. The van der Waals surface area contributed by atoms with Crippen molar-refractivity contribution in [2.45, 2.75) is 39.7 Å². The fourth-order valence-corrected chi connectivity index (χ4v) is 1.84. The van der Waals surface area contributed by atoms with E-state index in [2.05, 4.69) is 6.07 Å². The van der Waals surface area contributed by atoms with Crippen LogP contribution in [0.1, 0.15) is 38.7 Å². The average molecular weight is 277 g/mol. The predicted molar refractivity (Wildman–Crippen MR) is 77.7 cm³/mol. The zero-order valence-electron chi connectivity index (χ0n) is 12.5. The third kappa shape index (κ3) is 5.10. The molecule has 0 bridgehead atoms. The van der Waals surface area contributed by atoms with Crippen molar-refractivity contribution in [1.29, 1.82) is 5.26 Å². The van der Waals surface area contributed by atoms with Gasteiger partial charge in [-0.25, -0.2) is 0 Å². The number of unbranched alkanes of at least 4 members (excludes halogenated alkanes) is 1. The topological polar surface area (TPSA) is 62.5 Å². The van der Waals surface area contributed by atoms with Crippen molar-refractivity contribution in [1.82, 2.24) is 0 Å². The number of hydrogen-bond acceptors (Lipinski definition) is 4. The molecule has 0 aliphatic heterocycles. The third-order valence-corrected chi connectivity index (χ3v) is 3.17. The summed E-state index contributed by atoms with van der Waals surface area (Å²) >= 11 is 0. The Kier molecular flexibility index (Phi) is 6.33. The molecule has 1 aromatic rings. The van der Waals surface area contributed by atoms with Gasteiger partial charge in [0.15, 0.2) is 11.5 Å². The molecule has 0 radical (unpaired) electrons. The Labute approximate surface area is 120 Å². The number of nitriles is 1. The Morgan fingerprint density at radius 3 is 2.60 bits per heavy atom. The van der Waals surface area contributed by atoms with E-state index in [1.165, 1.54) is 0 Å². The van der Waals surface area contributed by atoms with E-state index in [9.17, 15) is 0 Å². The molecule has 0 aromatic heterocycles. The number of methoxy groups -OCH3 is 1. The van der Waals surface area contributed by atoms with Gasteiger partial charge in [-0.3, -0.25) is 0 Å². The maximum atomic E-state index is 9.12. The van der Waals surface area contributed by atoms with E-state index < -0.39 is 0 Å². The van der Waals surface area contributed by atoms with Gasteiger partial charge < -0.3 is 14.6 Å². The van der Waals surface area contributed by atoms with Gasteiger partial charge in [0.1, 0.15) is 0 Å². The van der Waals surface area contributed by atoms with E-state index in [-0.39, 0.29) is 12.0 Å². The van der Waals surface area contributed by atoms with E-state index in [1.54, 1.807) is 25.3 Å². The van der Waals surface area contributed by atoms with Gasteiger partial charge in [-0.15, -0.1) is 0 Å². The summed E-state index contributed by atoms with van der Waals surface area (Å²) in [6.07, 6.45) is 2.70.